The van der Waals surface area contributed by atoms with E-state index in [0.29, 0.717) is 5.13 Å². The van der Waals surface area contributed by atoms with Crippen molar-refractivity contribution in [3.63, 3.8) is 0 Å². The monoisotopic (exact) mass is 292 g/mol. The summed E-state index contributed by atoms with van der Waals surface area (Å²) in [5.74, 6) is 0.793. The lowest BCUT2D eigenvalue weighted by Crippen LogP contribution is -2.32. The highest BCUT2D eigenvalue weighted by Crippen LogP contribution is 2.20. The molecular formula is C13H16N4O2S. The van der Waals surface area contributed by atoms with Gasteiger partial charge in [-0.25, -0.2) is 4.79 Å². The van der Waals surface area contributed by atoms with Crippen LogP contribution in [0.2, 0.25) is 0 Å². The van der Waals surface area contributed by atoms with E-state index in [1.54, 1.807) is 12.6 Å². The molecule has 0 unspecified atom stereocenters. The van der Waals surface area contributed by atoms with E-state index in [1.807, 2.05) is 31.2 Å². The standard InChI is InChI=1S/C13H16N4O2S/c1-3-11(9-4-6-10(19-2)7-5-9)15-12(18)16-13-17-14-8-20-13/h4-8,11H,3H2,1-2H3,(H2,15,16,17,18)/t11-/m0/s1. The summed E-state index contributed by atoms with van der Waals surface area (Å²) in [4.78, 5) is 11.9. The second-order valence-electron chi connectivity index (χ2n) is 4.08. The van der Waals surface area contributed by atoms with E-state index in [4.69, 9.17) is 4.74 Å². The highest BCUT2D eigenvalue weighted by Gasteiger charge is 2.13. The zero-order valence-electron chi connectivity index (χ0n) is 11.3. The number of urea groups is 1. The molecule has 0 fully saturated rings. The highest BCUT2D eigenvalue weighted by atomic mass is 32.1. The van der Waals surface area contributed by atoms with Gasteiger partial charge < -0.3 is 10.1 Å². The zero-order chi connectivity index (χ0) is 14.4. The van der Waals surface area contributed by atoms with Gasteiger partial charge in [-0.15, -0.1) is 10.2 Å². The second kappa shape index (κ2) is 6.85. The molecule has 20 heavy (non-hydrogen) atoms. The first-order chi connectivity index (χ1) is 9.72. The van der Waals surface area contributed by atoms with Crippen molar-refractivity contribution in [3.05, 3.63) is 35.3 Å². The molecule has 7 heteroatoms. The number of carbonyl (C=O) groups is 1. The van der Waals surface area contributed by atoms with Gasteiger partial charge in [0.1, 0.15) is 11.3 Å². The maximum atomic E-state index is 11.9. The third kappa shape index (κ3) is 3.67. The maximum Gasteiger partial charge on any atom is 0.321 e. The molecule has 0 aliphatic heterocycles. The molecule has 0 aliphatic rings. The van der Waals surface area contributed by atoms with Crippen LogP contribution in [0, 0.1) is 0 Å². The maximum absolute atomic E-state index is 11.9. The Morgan fingerprint density at radius 1 is 1.40 bits per heavy atom. The number of hydrogen-bond acceptors (Lipinski definition) is 5. The summed E-state index contributed by atoms with van der Waals surface area (Å²) in [6, 6.07) is 7.29. The van der Waals surface area contributed by atoms with Gasteiger partial charge in [0, 0.05) is 0 Å². The Morgan fingerprint density at radius 3 is 2.70 bits per heavy atom. The van der Waals surface area contributed by atoms with Crippen LogP contribution in [-0.4, -0.2) is 23.3 Å². The van der Waals surface area contributed by atoms with Crippen LogP contribution in [-0.2, 0) is 0 Å². The summed E-state index contributed by atoms with van der Waals surface area (Å²) in [5.41, 5.74) is 2.59. The Labute approximate surface area is 121 Å². The molecule has 1 aromatic carbocycles. The van der Waals surface area contributed by atoms with E-state index in [-0.39, 0.29) is 12.1 Å². The Bertz CT molecular complexity index is 542. The number of rotatable bonds is 5. The topological polar surface area (TPSA) is 76.1 Å². The summed E-state index contributed by atoms with van der Waals surface area (Å²) < 4.78 is 5.12. The molecule has 2 aromatic rings. The lowest BCUT2D eigenvalue weighted by Gasteiger charge is -2.17. The number of benzene rings is 1. The van der Waals surface area contributed by atoms with Crippen LogP contribution in [0.25, 0.3) is 0 Å². The first kappa shape index (κ1) is 14.3. The molecule has 0 saturated heterocycles. The lowest BCUT2D eigenvalue weighted by molar-refractivity contribution is 0.248. The molecule has 1 atom stereocenters. The number of amides is 2. The van der Waals surface area contributed by atoms with Crippen molar-refractivity contribution in [3.8, 4) is 5.75 Å². The van der Waals surface area contributed by atoms with Crippen LogP contribution >= 0.6 is 11.3 Å². The number of nitrogens with one attached hydrogen (secondary N) is 2. The van der Waals surface area contributed by atoms with Crippen molar-refractivity contribution in [2.24, 2.45) is 0 Å². The highest BCUT2D eigenvalue weighted by molar-refractivity contribution is 7.13. The Hall–Kier alpha value is -2.15. The molecule has 6 nitrogen and oxygen atoms in total. The van der Waals surface area contributed by atoms with Crippen molar-refractivity contribution < 1.29 is 9.53 Å². The predicted octanol–water partition coefficient (Wildman–Crippen LogP) is 2.82. The minimum Gasteiger partial charge on any atom is -0.497 e. The van der Waals surface area contributed by atoms with Crippen molar-refractivity contribution in [2.75, 3.05) is 12.4 Å². The largest absolute Gasteiger partial charge is 0.497 e. The summed E-state index contributed by atoms with van der Waals surface area (Å²) in [5, 5.41) is 13.5. The van der Waals surface area contributed by atoms with Crippen LogP contribution in [0.1, 0.15) is 24.9 Å². The SMILES string of the molecule is CC[C@H](NC(=O)Nc1nncs1)c1ccc(OC)cc1. The quantitative estimate of drug-likeness (QED) is 0.888. The van der Waals surface area contributed by atoms with Crippen molar-refractivity contribution >= 4 is 22.5 Å². The summed E-state index contributed by atoms with van der Waals surface area (Å²) in [7, 11) is 1.63. The van der Waals surface area contributed by atoms with Gasteiger partial charge >= 0.3 is 6.03 Å². The van der Waals surface area contributed by atoms with E-state index in [1.165, 1.54) is 11.3 Å². The van der Waals surface area contributed by atoms with Gasteiger partial charge in [0.25, 0.3) is 0 Å². The molecule has 1 heterocycles. The van der Waals surface area contributed by atoms with Gasteiger partial charge in [-0.3, -0.25) is 5.32 Å². The number of nitrogens with zero attached hydrogens (tertiary/aromatic N) is 2. The van der Waals surface area contributed by atoms with Gasteiger partial charge in [0.05, 0.1) is 13.2 Å². The molecule has 1 aromatic heterocycles. The summed E-state index contributed by atoms with van der Waals surface area (Å²) in [6.45, 7) is 2.01. The van der Waals surface area contributed by atoms with Crippen LogP contribution in [0.15, 0.2) is 29.8 Å². The number of ether oxygens (including phenoxy) is 1. The van der Waals surface area contributed by atoms with E-state index in [0.717, 1.165) is 17.7 Å². The molecule has 0 spiro atoms. The van der Waals surface area contributed by atoms with Gasteiger partial charge in [-0.2, -0.15) is 0 Å². The van der Waals surface area contributed by atoms with Gasteiger partial charge in [-0.05, 0) is 24.1 Å². The first-order valence-corrected chi connectivity index (χ1v) is 7.08. The zero-order valence-corrected chi connectivity index (χ0v) is 12.1. The Morgan fingerprint density at radius 2 is 2.15 bits per heavy atom. The Balaban J connectivity index is 1.98. The fourth-order valence-corrected chi connectivity index (χ4v) is 2.22. The van der Waals surface area contributed by atoms with E-state index in [2.05, 4.69) is 20.8 Å². The van der Waals surface area contributed by atoms with Gasteiger partial charge in [0.2, 0.25) is 5.13 Å². The molecule has 106 valence electrons. The van der Waals surface area contributed by atoms with Crippen LogP contribution in [0.5, 0.6) is 5.75 Å². The molecule has 0 bridgehead atoms. The van der Waals surface area contributed by atoms with Gasteiger partial charge in [0.15, 0.2) is 0 Å². The van der Waals surface area contributed by atoms with Crippen LogP contribution in [0.4, 0.5) is 9.93 Å². The fourth-order valence-electron chi connectivity index (χ4n) is 1.78. The number of carbonyl (C=O) groups excluding carboxylic acids is 1. The molecule has 0 aliphatic carbocycles. The van der Waals surface area contributed by atoms with E-state index in [9.17, 15) is 4.79 Å². The van der Waals surface area contributed by atoms with E-state index >= 15 is 0 Å². The van der Waals surface area contributed by atoms with Crippen LogP contribution < -0.4 is 15.4 Å². The lowest BCUT2D eigenvalue weighted by atomic mass is 10.0. The third-order valence-electron chi connectivity index (χ3n) is 2.81. The van der Waals surface area contributed by atoms with E-state index < -0.39 is 0 Å². The van der Waals surface area contributed by atoms with Crippen molar-refractivity contribution in [2.45, 2.75) is 19.4 Å². The smallest absolute Gasteiger partial charge is 0.321 e. The van der Waals surface area contributed by atoms with Gasteiger partial charge in [-0.1, -0.05) is 30.4 Å². The average molecular weight is 292 g/mol. The number of methoxy groups -OCH3 is 1. The second-order valence-corrected chi connectivity index (χ2v) is 4.91. The predicted molar refractivity (Wildman–Crippen MR) is 78.1 cm³/mol. The molecule has 0 radical (unpaired) electrons. The Kier molecular flexibility index (Phi) is 4.89. The minimum absolute atomic E-state index is 0.0613. The number of anilines is 1. The van der Waals surface area contributed by atoms with Crippen molar-refractivity contribution in [1.29, 1.82) is 0 Å². The third-order valence-corrected chi connectivity index (χ3v) is 3.42. The molecular weight excluding hydrogens is 276 g/mol. The molecule has 2 N–H and O–H groups in total. The first-order valence-electron chi connectivity index (χ1n) is 6.20. The van der Waals surface area contributed by atoms with Crippen molar-refractivity contribution in [1.82, 2.24) is 15.5 Å². The molecule has 2 amide bonds. The average Bonchev–Trinajstić information content (AvgIpc) is 2.97. The fraction of sp³-hybridized carbons (Fsp3) is 0.308. The number of aromatic nitrogens is 2. The number of hydrogen-bond donors (Lipinski definition) is 2. The summed E-state index contributed by atoms with van der Waals surface area (Å²) >= 11 is 1.28. The summed E-state index contributed by atoms with van der Waals surface area (Å²) in [6.07, 6.45) is 0.788. The minimum atomic E-state index is -0.288. The molecule has 2 rings (SSSR count). The molecule has 0 saturated carbocycles. The normalized spacial score (nSPS) is 11.7. The van der Waals surface area contributed by atoms with Crippen LogP contribution in [0.3, 0.4) is 0 Å².